The Hall–Kier alpha value is -5.05. The Morgan fingerprint density at radius 1 is 0.826 bits per heavy atom. The number of aliphatic hydroxyl groups is 1. The predicted octanol–water partition coefficient (Wildman–Crippen LogP) is 1.41. The number of carbonyl (C=O) groups excluding carboxylic acids is 4. The minimum absolute atomic E-state index is 0.0184. The Labute approximate surface area is 260 Å². The van der Waals surface area contributed by atoms with E-state index in [1.807, 2.05) is 0 Å². The van der Waals surface area contributed by atoms with Crippen molar-refractivity contribution in [2.24, 2.45) is 5.92 Å². The van der Waals surface area contributed by atoms with E-state index in [9.17, 15) is 47.0 Å². The number of pyridine rings is 1. The minimum Gasteiger partial charge on any atom is -0.507 e. The standard InChI is InChI=1S/C31H31F4N5O6/c1-14-25(42)19(13-18-22(32)23(33)27(35)40-26(18)34)37-31(46)24(39-29(44)17-10-6-7-11-21(17)41)15(2)36-30(45)20(38-28(14)43)12-16-8-4-3-5-9-16/h3-11,14-15,19-20,24-25,41-42H,12-13H2,1-2H3,(H,36,45)(H,37,46)(H,38,43)(H,39,44). The van der Waals surface area contributed by atoms with Crippen LogP contribution in [-0.2, 0) is 27.2 Å². The number of benzene rings is 2. The van der Waals surface area contributed by atoms with Crippen LogP contribution in [0.15, 0.2) is 54.6 Å². The highest BCUT2D eigenvalue weighted by Crippen LogP contribution is 2.22. The summed E-state index contributed by atoms with van der Waals surface area (Å²) >= 11 is 0. The lowest BCUT2D eigenvalue weighted by atomic mass is 9.91. The maximum absolute atomic E-state index is 14.7. The topological polar surface area (TPSA) is 170 Å². The quantitative estimate of drug-likeness (QED) is 0.174. The number of amides is 4. The highest BCUT2D eigenvalue weighted by atomic mass is 19.2. The van der Waals surface area contributed by atoms with Crippen LogP contribution in [0.25, 0.3) is 0 Å². The van der Waals surface area contributed by atoms with Gasteiger partial charge in [0.05, 0.1) is 29.7 Å². The third kappa shape index (κ3) is 7.59. The fourth-order valence-electron chi connectivity index (χ4n) is 5.02. The molecule has 4 amide bonds. The van der Waals surface area contributed by atoms with Gasteiger partial charge >= 0.3 is 0 Å². The zero-order chi connectivity index (χ0) is 33.7. The van der Waals surface area contributed by atoms with E-state index in [0.717, 1.165) is 0 Å². The first kappa shape index (κ1) is 33.8. The molecule has 6 unspecified atom stereocenters. The summed E-state index contributed by atoms with van der Waals surface area (Å²) in [7, 11) is 0. The van der Waals surface area contributed by atoms with Gasteiger partial charge in [-0.05, 0) is 24.6 Å². The van der Waals surface area contributed by atoms with Crippen molar-refractivity contribution >= 4 is 23.6 Å². The molecular weight excluding hydrogens is 614 g/mol. The number of hydrogen-bond acceptors (Lipinski definition) is 7. The van der Waals surface area contributed by atoms with E-state index in [-0.39, 0.29) is 12.0 Å². The zero-order valence-electron chi connectivity index (χ0n) is 24.6. The molecule has 0 bridgehead atoms. The van der Waals surface area contributed by atoms with Crippen LogP contribution < -0.4 is 21.3 Å². The highest BCUT2D eigenvalue weighted by molar-refractivity contribution is 6.00. The van der Waals surface area contributed by atoms with Crippen LogP contribution >= 0.6 is 0 Å². The molecule has 244 valence electrons. The molecular formula is C31H31F4N5O6. The molecule has 1 aliphatic rings. The number of aromatic hydroxyl groups is 1. The lowest BCUT2D eigenvalue weighted by Crippen LogP contribution is -2.64. The molecule has 11 nitrogen and oxygen atoms in total. The van der Waals surface area contributed by atoms with Crippen molar-refractivity contribution in [1.29, 1.82) is 0 Å². The Balaban J connectivity index is 1.75. The fraction of sp³-hybridized carbons (Fsp3) is 0.323. The van der Waals surface area contributed by atoms with Gasteiger partial charge in [0.15, 0.2) is 5.82 Å². The molecule has 1 saturated heterocycles. The molecule has 0 spiro atoms. The van der Waals surface area contributed by atoms with E-state index in [1.165, 1.54) is 38.1 Å². The number of carbonyl (C=O) groups is 4. The molecule has 2 heterocycles. The Morgan fingerprint density at radius 2 is 1.48 bits per heavy atom. The van der Waals surface area contributed by atoms with E-state index >= 15 is 0 Å². The van der Waals surface area contributed by atoms with Gasteiger partial charge in [0.25, 0.3) is 11.9 Å². The van der Waals surface area contributed by atoms with Crippen molar-refractivity contribution in [2.45, 2.75) is 57.0 Å². The summed E-state index contributed by atoms with van der Waals surface area (Å²) in [6.07, 6.45) is -2.93. The Bertz CT molecular complexity index is 1630. The van der Waals surface area contributed by atoms with Crippen LogP contribution in [0.5, 0.6) is 5.75 Å². The second-order valence-corrected chi connectivity index (χ2v) is 10.9. The molecule has 46 heavy (non-hydrogen) atoms. The van der Waals surface area contributed by atoms with Crippen molar-refractivity contribution in [2.75, 3.05) is 0 Å². The van der Waals surface area contributed by atoms with Crippen LogP contribution in [-0.4, -0.2) is 69.1 Å². The number of phenolic OH excluding ortho intramolecular Hbond substituents is 1. The average Bonchev–Trinajstić information content (AvgIpc) is 3.02. The van der Waals surface area contributed by atoms with Gasteiger partial charge < -0.3 is 31.5 Å². The number of para-hydroxylation sites is 1. The third-order valence-corrected chi connectivity index (χ3v) is 7.68. The van der Waals surface area contributed by atoms with Gasteiger partial charge in [0, 0.05) is 18.4 Å². The number of aromatic nitrogens is 1. The van der Waals surface area contributed by atoms with Gasteiger partial charge in [-0.15, -0.1) is 0 Å². The maximum atomic E-state index is 14.7. The second-order valence-electron chi connectivity index (χ2n) is 10.9. The van der Waals surface area contributed by atoms with Crippen molar-refractivity contribution in [1.82, 2.24) is 26.3 Å². The number of nitrogens with one attached hydrogen (secondary N) is 4. The summed E-state index contributed by atoms with van der Waals surface area (Å²) in [5.41, 5.74) is -0.704. The third-order valence-electron chi connectivity index (χ3n) is 7.68. The van der Waals surface area contributed by atoms with Crippen molar-refractivity contribution < 1.29 is 47.0 Å². The SMILES string of the molecule is CC1NC(=O)C(Cc2ccccc2)NC(=O)C(C)C(O)C(Cc2c(F)nc(F)c(F)c2F)NC(=O)C1NC(=O)c1ccccc1O. The number of aliphatic hydroxyl groups excluding tert-OH is 1. The van der Waals surface area contributed by atoms with Crippen LogP contribution in [0, 0.1) is 29.4 Å². The largest absolute Gasteiger partial charge is 0.507 e. The molecule has 0 saturated carbocycles. The van der Waals surface area contributed by atoms with Crippen LogP contribution in [0.3, 0.4) is 0 Å². The molecule has 15 heteroatoms. The molecule has 1 aliphatic heterocycles. The summed E-state index contributed by atoms with van der Waals surface area (Å²) in [4.78, 5) is 56.2. The Kier molecular flexibility index (Phi) is 10.6. The first-order valence-corrected chi connectivity index (χ1v) is 14.2. The predicted molar refractivity (Wildman–Crippen MR) is 154 cm³/mol. The van der Waals surface area contributed by atoms with Gasteiger partial charge in [0.1, 0.15) is 17.8 Å². The summed E-state index contributed by atoms with van der Waals surface area (Å²) in [5, 5.41) is 31.3. The number of nitrogens with zero attached hydrogens (tertiary/aromatic N) is 1. The molecule has 3 aromatic rings. The summed E-state index contributed by atoms with van der Waals surface area (Å²) < 4.78 is 56.8. The lowest BCUT2D eigenvalue weighted by Gasteiger charge is -2.34. The molecule has 1 fully saturated rings. The van der Waals surface area contributed by atoms with E-state index in [4.69, 9.17) is 0 Å². The molecule has 6 atom stereocenters. The second kappa shape index (κ2) is 14.4. The summed E-state index contributed by atoms with van der Waals surface area (Å²) in [6.45, 7) is 2.58. The number of halogens is 4. The summed E-state index contributed by atoms with van der Waals surface area (Å²) in [6, 6.07) is 8.15. The first-order valence-electron chi connectivity index (χ1n) is 14.2. The first-order chi connectivity index (χ1) is 21.8. The summed E-state index contributed by atoms with van der Waals surface area (Å²) in [5.74, 6) is -13.4. The maximum Gasteiger partial charge on any atom is 0.255 e. The van der Waals surface area contributed by atoms with E-state index in [2.05, 4.69) is 26.3 Å². The van der Waals surface area contributed by atoms with Crippen LogP contribution in [0.4, 0.5) is 17.6 Å². The van der Waals surface area contributed by atoms with Crippen molar-refractivity contribution in [3.8, 4) is 5.75 Å². The molecule has 2 aromatic carbocycles. The van der Waals surface area contributed by atoms with Crippen molar-refractivity contribution in [3.05, 3.63) is 94.8 Å². The average molecular weight is 646 g/mol. The van der Waals surface area contributed by atoms with Gasteiger partial charge in [-0.2, -0.15) is 18.2 Å². The fourth-order valence-corrected chi connectivity index (χ4v) is 5.02. The number of rotatable bonds is 6. The van der Waals surface area contributed by atoms with Crippen molar-refractivity contribution in [3.63, 3.8) is 0 Å². The molecule has 6 N–H and O–H groups in total. The highest BCUT2D eigenvalue weighted by Gasteiger charge is 2.39. The minimum atomic E-state index is -2.09. The molecule has 4 rings (SSSR count). The normalized spacial score (nSPS) is 24.1. The molecule has 1 aromatic heterocycles. The van der Waals surface area contributed by atoms with Gasteiger partial charge in [-0.3, -0.25) is 19.2 Å². The molecule has 0 radical (unpaired) electrons. The van der Waals surface area contributed by atoms with E-state index in [0.29, 0.717) is 5.56 Å². The van der Waals surface area contributed by atoms with Crippen LogP contribution in [0.2, 0.25) is 0 Å². The smallest absolute Gasteiger partial charge is 0.255 e. The van der Waals surface area contributed by atoms with Gasteiger partial charge in [-0.25, -0.2) is 4.39 Å². The molecule has 0 aliphatic carbocycles. The zero-order valence-corrected chi connectivity index (χ0v) is 24.6. The van der Waals surface area contributed by atoms with E-state index < -0.39 is 101 Å². The number of phenols is 1. The van der Waals surface area contributed by atoms with Gasteiger partial charge in [-0.1, -0.05) is 49.4 Å². The van der Waals surface area contributed by atoms with Gasteiger partial charge in [0.2, 0.25) is 29.5 Å². The Morgan fingerprint density at radius 3 is 2.15 bits per heavy atom. The van der Waals surface area contributed by atoms with E-state index in [1.54, 1.807) is 30.3 Å². The number of hydrogen-bond donors (Lipinski definition) is 6. The lowest BCUT2D eigenvalue weighted by molar-refractivity contribution is -0.136. The van der Waals surface area contributed by atoms with Crippen LogP contribution in [0.1, 0.15) is 35.3 Å². The monoisotopic (exact) mass is 645 g/mol.